The molecule has 20 heavy (non-hydrogen) atoms. The van der Waals surface area contributed by atoms with Crippen molar-refractivity contribution in [2.75, 3.05) is 52.6 Å². The van der Waals surface area contributed by atoms with Crippen LogP contribution >= 0.6 is 0 Å². The molecule has 0 aromatic rings. The Hall–Kier alpha value is -0.160. The maximum Gasteiger partial charge on any atom is 0.0593 e. The second-order valence-electron chi connectivity index (χ2n) is 6.12. The maximum atomic E-state index is 5.45. The van der Waals surface area contributed by atoms with Gasteiger partial charge < -0.3 is 14.8 Å². The average Bonchev–Trinajstić information content (AvgIpc) is 2.37. The zero-order valence-corrected chi connectivity index (χ0v) is 14.3. The second kappa shape index (κ2) is 12.6. The first-order valence-electron chi connectivity index (χ1n) is 8.12. The molecule has 0 rings (SSSR count). The number of nitrogens with one attached hydrogen (secondary N) is 1. The van der Waals surface area contributed by atoms with Crippen molar-refractivity contribution in [1.82, 2.24) is 10.2 Å². The van der Waals surface area contributed by atoms with E-state index in [9.17, 15) is 0 Å². The van der Waals surface area contributed by atoms with Crippen LogP contribution in [-0.4, -0.2) is 63.0 Å². The highest BCUT2D eigenvalue weighted by molar-refractivity contribution is 4.70. The van der Waals surface area contributed by atoms with Gasteiger partial charge in [0.1, 0.15) is 0 Å². The van der Waals surface area contributed by atoms with Crippen LogP contribution in [0.15, 0.2) is 0 Å². The maximum absolute atomic E-state index is 5.45. The smallest absolute Gasteiger partial charge is 0.0593 e. The largest absolute Gasteiger partial charge is 0.380 e. The van der Waals surface area contributed by atoms with Gasteiger partial charge in [-0.05, 0) is 60.5 Å². The van der Waals surface area contributed by atoms with E-state index in [1.54, 1.807) is 0 Å². The fourth-order valence-corrected chi connectivity index (χ4v) is 1.94. The summed E-state index contributed by atoms with van der Waals surface area (Å²) in [4.78, 5) is 2.45. The van der Waals surface area contributed by atoms with Gasteiger partial charge in [0, 0.05) is 31.8 Å². The zero-order chi connectivity index (χ0) is 15.3. The van der Waals surface area contributed by atoms with Crippen molar-refractivity contribution in [2.45, 2.75) is 53.0 Å². The van der Waals surface area contributed by atoms with E-state index in [1.165, 1.54) is 12.8 Å². The van der Waals surface area contributed by atoms with Crippen LogP contribution < -0.4 is 5.32 Å². The molecular formula is C16H36N2O2. The molecule has 4 nitrogen and oxygen atoms in total. The van der Waals surface area contributed by atoms with Crippen molar-refractivity contribution in [3.63, 3.8) is 0 Å². The topological polar surface area (TPSA) is 33.7 Å². The molecule has 0 aromatic heterocycles. The molecule has 122 valence electrons. The summed E-state index contributed by atoms with van der Waals surface area (Å²) in [5.74, 6) is 0. The van der Waals surface area contributed by atoms with Gasteiger partial charge in [0.05, 0.1) is 13.2 Å². The van der Waals surface area contributed by atoms with E-state index >= 15 is 0 Å². The summed E-state index contributed by atoms with van der Waals surface area (Å²) in [5.41, 5.74) is 0.226. The van der Waals surface area contributed by atoms with Crippen LogP contribution in [0.4, 0.5) is 0 Å². The lowest BCUT2D eigenvalue weighted by Crippen LogP contribution is -2.37. The molecule has 0 heterocycles. The summed E-state index contributed by atoms with van der Waals surface area (Å²) >= 11 is 0. The SMILES string of the molecule is CCOCCN(CCCCNC(C)(C)C)CCOCC. The summed E-state index contributed by atoms with van der Waals surface area (Å²) in [6, 6.07) is 0. The van der Waals surface area contributed by atoms with E-state index in [1.807, 2.05) is 13.8 Å². The predicted octanol–water partition coefficient (Wildman–Crippen LogP) is 2.53. The minimum absolute atomic E-state index is 0.226. The standard InChI is InChI=1S/C16H36N2O2/c1-6-19-14-12-18(13-15-20-7-2)11-9-8-10-17-16(3,4)5/h17H,6-15H2,1-5H3. The summed E-state index contributed by atoms with van der Waals surface area (Å²) in [5, 5.41) is 3.53. The Bertz CT molecular complexity index is 195. The lowest BCUT2D eigenvalue weighted by atomic mass is 10.1. The third-order valence-electron chi connectivity index (χ3n) is 3.07. The van der Waals surface area contributed by atoms with Gasteiger partial charge in [-0.3, -0.25) is 4.90 Å². The average molecular weight is 288 g/mol. The predicted molar refractivity (Wildman–Crippen MR) is 86.4 cm³/mol. The van der Waals surface area contributed by atoms with Crippen LogP contribution in [0.5, 0.6) is 0 Å². The summed E-state index contributed by atoms with van der Waals surface area (Å²) in [7, 11) is 0. The molecule has 0 amide bonds. The molecule has 1 N–H and O–H groups in total. The van der Waals surface area contributed by atoms with E-state index in [0.29, 0.717) is 0 Å². The summed E-state index contributed by atoms with van der Waals surface area (Å²) in [6.07, 6.45) is 2.44. The number of nitrogens with zero attached hydrogens (tertiary/aromatic N) is 1. The Balaban J connectivity index is 3.72. The van der Waals surface area contributed by atoms with Crippen molar-refractivity contribution in [3.05, 3.63) is 0 Å². The third-order valence-corrected chi connectivity index (χ3v) is 3.07. The van der Waals surface area contributed by atoms with Crippen molar-refractivity contribution in [2.24, 2.45) is 0 Å². The van der Waals surface area contributed by atoms with Gasteiger partial charge in [-0.1, -0.05) is 0 Å². The van der Waals surface area contributed by atoms with E-state index in [2.05, 4.69) is 31.0 Å². The fourth-order valence-electron chi connectivity index (χ4n) is 1.94. The Morgan fingerprint density at radius 2 is 1.40 bits per heavy atom. The van der Waals surface area contributed by atoms with Crippen LogP contribution in [0.2, 0.25) is 0 Å². The molecule has 0 bridgehead atoms. The Labute approximate surface area is 126 Å². The Morgan fingerprint density at radius 1 is 0.850 bits per heavy atom. The van der Waals surface area contributed by atoms with Crippen LogP contribution in [0.1, 0.15) is 47.5 Å². The van der Waals surface area contributed by atoms with Gasteiger partial charge in [0.15, 0.2) is 0 Å². The molecule has 0 unspecified atom stereocenters. The van der Waals surface area contributed by atoms with E-state index in [-0.39, 0.29) is 5.54 Å². The molecular weight excluding hydrogens is 252 g/mol. The minimum Gasteiger partial charge on any atom is -0.380 e. The van der Waals surface area contributed by atoms with E-state index in [4.69, 9.17) is 9.47 Å². The first-order valence-corrected chi connectivity index (χ1v) is 8.12. The van der Waals surface area contributed by atoms with Gasteiger partial charge in [-0.15, -0.1) is 0 Å². The highest BCUT2D eigenvalue weighted by Crippen LogP contribution is 2.00. The van der Waals surface area contributed by atoms with Gasteiger partial charge in [0.2, 0.25) is 0 Å². The normalized spacial score (nSPS) is 12.3. The van der Waals surface area contributed by atoms with Gasteiger partial charge in [-0.25, -0.2) is 0 Å². The van der Waals surface area contributed by atoms with Gasteiger partial charge >= 0.3 is 0 Å². The lowest BCUT2D eigenvalue weighted by Gasteiger charge is -2.23. The molecule has 0 saturated carbocycles. The zero-order valence-electron chi connectivity index (χ0n) is 14.3. The van der Waals surface area contributed by atoms with Crippen LogP contribution in [0.25, 0.3) is 0 Å². The first kappa shape index (κ1) is 19.8. The van der Waals surface area contributed by atoms with Crippen LogP contribution in [0, 0.1) is 0 Å². The highest BCUT2D eigenvalue weighted by atomic mass is 16.5. The van der Waals surface area contributed by atoms with Crippen LogP contribution in [0.3, 0.4) is 0 Å². The lowest BCUT2D eigenvalue weighted by molar-refractivity contribution is 0.0820. The number of hydrogen-bond acceptors (Lipinski definition) is 4. The quantitative estimate of drug-likeness (QED) is 0.528. The molecule has 0 saturated heterocycles. The van der Waals surface area contributed by atoms with Crippen molar-refractivity contribution in [1.29, 1.82) is 0 Å². The number of rotatable bonds is 13. The molecule has 0 radical (unpaired) electrons. The van der Waals surface area contributed by atoms with Crippen LogP contribution in [-0.2, 0) is 9.47 Å². The minimum atomic E-state index is 0.226. The number of hydrogen-bond donors (Lipinski definition) is 1. The van der Waals surface area contributed by atoms with E-state index < -0.39 is 0 Å². The van der Waals surface area contributed by atoms with Gasteiger partial charge in [0.25, 0.3) is 0 Å². The number of ether oxygens (including phenoxy) is 2. The van der Waals surface area contributed by atoms with Gasteiger partial charge in [-0.2, -0.15) is 0 Å². The fraction of sp³-hybridized carbons (Fsp3) is 1.00. The Morgan fingerprint density at radius 3 is 1.85 bits per heavy atom. The molecule has 0 aromatic carbocycles. The first-order chi connectivity index (χ1) is 9.49. The summed E-state index contributed by atoms with van der Waals surface area (Å²) in [6.45, 7) is 18.2. The van der Waals surface area contributed by atoms with E-state index in [0.717, 1.165) is 52.6 Å². The molecule has 0 aliphatic heterocycles. The molecule has 4 heteroatoms. The molecule has 0 aliphatic rings. The summed E-state index contributed by atoms with van der Waals surface area (Å²) < 4.78 is 10.9. The molecule has 0 atom stereocenters. The highest BCUT2D eigenvalue weighted by Gasteiger charge is 2.08. The molecule has 0 spiro atoms. The Kier molecular flexibility index (Phi) is 12.5. The van der Waals surface area contributed by atoms with Crippen molar-refractivity contribution >= 4 is 0 Å². The number of unbranched alkanes of at least 4 members (excludes halogenated alkanes) is 1. The molecule has 0 aliphatic carbocycles. The van der Waals surface area contributed by atoms with Crippen molar-refractivity contribution in [3.8, 4) is 0 Å². The molecule has 0 fully saturated rings. The van der Waals surface area contributed by atoms with Crippen molar-refractivity contribution < 1.29 is 9.47 Å². The third kappa shape index (κ3) is 14.3. The monoisotopic (exact) mass is 288 g/mol. The second-order valence-corrected chi connectivity index (χ2v) is 6.12.